The average molecular weight is 172 g/mol. The summed E-state index contributed by atoms with van der Waals surface area (Å²) in [6, 6.07) is 0. The van der Waals surface area contributed by atoms with E-state index in [1.807, 2.05) is 4.90 Å². The second kappa shape index (κ2) is 5.11. The first-order valence-corrected chi connectivity index (χ1v) is 4.32. The maximum atomic E-state index is 11.2. The molecule has 1 aliphatic heterocycles. The summed E-state index contributed by atoms with van der Waals surface area (Å²) in [4.78, 5) is 13.1. The Hall–Kier alpha value is -0.610. The molecule has 0 bridgehead atoms. The Kier molecular flexibility index (Phi) is 4.04. The first-order valence-electron chi connectivity index (χ1n) is 4.32. The molecular weight excluding hydrogens is 156 g/mol. The van der Waals surface area contributed by atoms with Gasteiger partial charge in [-0.15, -0.1) is 0 Å². The zero-order chi connectivity index (χ0) is 8.81. The topological polar surface area (TPSA) is 41.6 Å². The van der Waals surface area contributed by atoms with E-state index in [1.165, 1.54) is 0 Å². The second-order valence-electron chi connectivity index (χ2n) is 2.90. The lowest BCUT2D eigenvalue weighted by atomic mass is 10.3. The van der Waals surface area contributed by atoms with Gasteiger partial charge < -0.3 is 15.0 Å². The van der Waals surface area contributed by atoms with Crippen LogP contribution in [0.5, 0.6) is 0 Å². The molecule has 0 radical (unpaired) electrons. The summed E-state index contributed by atoms with van der Waals surface area (Å²) < 4.78 is 4.91. The third-order valence-electron chi connectivity index (χ3n) is 1.96. The molecule has 0 saturated carbocycles. The SMILES string of the molecule is COCCCN1CCNCC1=O. The molecule has 1 N–H and O–H groups in total. The molecule has 0 aromatic heterocycles. The van der Waals surface area contributed by atoms with Crippen LogP contribution in [0.1, 0.15) is 6.42 Å². The molecule has 0 aromatic carbocycles. The molecular formula is C8H16N2O2. The first-order chi connectivity index (χ1) is 5.84. The monoisotopic (exact) mass is 172 g/mol. The van der Waals surface area contributed by atoms with Crippen molar-refractivity contribution in [1.82, 2.24) is 10.2 Å². The molecule has 4 heteroatoms. The smallest absolute Gasteiger partial charge is 0.236 e. The van der Waals surface area contributed by atoms with Crippen molar-refractivity contribution in [3.63, 3.8) is 0 Å². The van der Waals surface area contributed by atoms with Crippen molar-refractivity contribution in [2.45, 2.75) is 6.42 Å². The standard InChI is InChI=1S/C8H16N2O2/c1-12-6-2-4-10-5-3-9-7-8(10)11/h9H,2-7H2,1H3. The van der Waals surface area contributed by atoms with Gasteiger partial charge in [0.05, 0.1) is 6.54 Å². The highest BCUT2D eigenvalue weighted by Crippen LogP contribution is 1.95. The Balaban J connectivity index is 2.16. The van der Waals surface area contributed by atoms with Gasteiger partial charge in [-0.1, -0.05) is 0 Å². The summed E-state index contributed by atoms with van der Waals surface area (Å²) in [6.45, 7) is 3.81. The van der Waals surface area contributed by atoms with Crippen LogP contribution in [0, 0.1) is 0 Å². The predicted molar refractivity (Wildman–Crippen MR) is 45.9 cm³/mol. The Morgan fingerprint density at radius 2 is 2.50 bits per heavy atom. The Morgan fingerprint density at radius 3 is 3.17 bits per heavy atom. The van der Waals surface area contributed by atoms with Gasteiger partial charge in [-0.3, -0.25) is 4.79 Å². The molecule has 4 nitrogen and oxygen atoms in total. The minimum absolute atomic E-state index is 0.206. The Morgan fingerprint density at radius 1 is 1.67 bits per heavy atom. The van der Waals surface area contributed by atoms with Crippen molar-refractivity contribution < 1.29 is 9.53 Å². The highest BCUT2D eigenvalue weighted by atomic mass is 16.5. The van der Waals surface area contributed by atoms with Gasteiger partial charge in [-0.25, -0.2) is 0 Å². The molecule has 1 saturated heterocycles. The van der Waals surface area contributed by atoms with Gasteiger partial charge in [0.15, 0.2) is 0 Å². The van der Waals surface area contributed by atoms with E-state index in [0.717, 1.165) is 32.7 Å². The number of ether oxygens (including phenoxy) is 1. The Labute approximate surface area is 72.9 Å². The highest BCUT2D eigenvalue weighted by Gasteiger charge is 2.16. The maximum absolute atomic E-state index is 11.2. The average Bonchev–Trinajstić information content (AvgIpc) is 2.09. The van der Waals surface area contributed by atoms with Gasteiger partial charge in [0, 0.05) is 33.4 Å². The minimum Gasteiger partial charge on any atom is -0.385 e. The summed E-state index contributed by atoms with van der Waals surface area (Å²) in [6.07, 6.45) is 0.933. The van der Waals surface area contributed by atoms with Crippen LogP contribution in [0.25, 0.3) is 0 Å². The zero-order valence-corrected chi connectivity index (χ0v) is 7.51. The number of piperazine rings is 1. The fourth-order valence-corrected chi connectivity index (χ4v) is 1.28. The highest BCUT2D eigenvalue weighted by molar-refractivity contribution is 5.78. The number of rotatable bonds is 4. The summed E-state index contributed by atoms with van der Waals surface area (Å²) in [7, 11) is 1.68. The number of hydrogen-bond donors (Lipinski definition) is 1. The number of nitrogens with zero attached hydrogens (tertiary/aromatic N) is 1. The van der Waals surface area contributed by atoms with E-state index < -0.39 is 0 Å². The third kappa shape index (κ3) is 2.79. The molecule has 0 aromatic rings. The number of hydrogen-bond acceptors (Lipinski definition) is 3. The van der Waals surface area contributed by atoms with Crippen molar-refractivity contribution in [1.29, 1.82) is 0 Å². The van der Waals surface area contributed by atoms with Crippen molar-refractivity contribution in [2.24, 2.45) is 0 Å². The van der Waals surface area contributed by atoms with Crippen molar-refractivity contribution in [2.75, 3.05) is 39.9 Å². The molecule has 70 valence electrons. The third-order valence-corrected chi connectivity index (χ3v) is 1.96. The van der Waals surface area contributed by atoms with Crippen molar-refractivity contribution >= 4 is 5.91 Å². The number of carbonyl (C=O) groups is 1. The van der Waals surface area contributed by atoms with Gasteiger partial charge in [-0.2, -0.15) is 0 Å². The van der Waals surface area contributed by atoms with E-state index in [-0.39, 0.29) is 5.91 Å². The Bertz CT molecular complexity index is 150. The predicted octanol–water partition coefficient (Wildman–Crippen LogP) is -0.545. The summed E-state index contributed by atoms with van der Waals surface area (Å²) in [5, 5.41) is 3.03. The lowest BCUT2D eigenvalue weighted by Gasteiger charge is -2.27. The van der Waals surface area contributed by atoms with E-state index in [4.69, 9.17) is 4.74 Å². The molecule has 0 aliphatic carbocycles. The quantitative estimate of drug-likeness (QED) is 0.579. The molecule has 12 heavy (non-hydrogen) atoms. The molecule has 1 aliphatic rings. The van der Waals surface area contributed by atoms with Gasteiger partial charge in [0.25, 0.3) is 0 Å². The van der Waals surface area contributed by atoms with Crippen LogP contribution >= 0.6 is 0 Å². The van der Waals surface area contributed by atoms with E-state index in [1.54, 1.807) is 7.11 Å². The zero-order valence-electron chi connectivity index (χ0n) is 7.51. The number of nitrogens with one attached hydrogen (secondary N) is 1. The molecule has 0 unspecified atom stereocenters. The van der Waals surface area contributed by atoms with Gasteiger partial charge in [0.2, 0.25) is 5.91 Å². The van der Waals surface area contributed by atoms with Crippen LogP contribution in [0.3, 0.4) is 0 Å². The maximum Gasteiger partial charge on any atom is 0.236 e. The molecule has 1 amide bonds. The number of methoxy groups -OCH3 is 1. The van der Waals surface area contributed by atoms with Gasteiger partial charge in [-0.05, 0) is 6.42 Å². The largest absolute Gasteiger partial charge is 0.385 e. The second-order valence-corrected chi connectivity index (χ2v) is 2.90. The van der Waals surface area contributed by atoms with Crippen LogP contribution in [0.4, 0.5) is 0 Å². The molecule has 1 heterocycles. The number of carbonyl (C=O) groups excluding carboxylic acids is 1. The van der Waals surface area contributed by atoms with Gasteiger partial charge in [0.1, 0.15) is 0 Å². The molecule has 0 spiro atoms. The lowest BCUT2D eigenvalue weighted by molar-refractivity contribution is -0.132. The number of amides is 1. The molecule has 0 atom stereocenters. The normalized spacial score (nSPS) is 18.4. The fourth-order valence-electron chi connectivity index (χ4n) is 1.28. The first kappa shape index (κ1) is 9.48. The van der Waals surface area contributed by atoms with Gasteiger partial charge >= 0.3 is 0 Å². The van der Waals surface area contributed by atoms with Crippen LogP contribution in [0.15, 0.2) is 0 Å². The van der Waals surface area contributed by atoms with Crippen molar-refractivity contribution in [3.05, 3.63) is 0 Å². The molecule has 1 fully saturated rings. The van der Waals surface area contributed by atoms with E-state index in [2.05, 4.69) is 5.32 Å². The van der Waals surface area contributed by atoms with Crippen LogP contribution in [-0.2, 0) is 9.53 Å². The van der Waals surface area contributed by atoms with E-state index in [0.29, 0.717) is 6.54 Å². The summed E-state index contributed by atoms with van der Waals surface area (Å²) in [5.74, 6) is 0.206. The van der Waals surface area contributed by atoms with Crippen LogP contribution in [-0.4, -0.2) is 50.7 Å². The minimum atomic E-state index is 0.206. The van der Waals surface area contributed by atoms with E-state index >= 15 is 0 Å². The summed E-state index contributed by atoms with van der Waals surface area (Å²) in [5.41, 5.74) is 0. The van der Waals surface area contributed by atoms with Crippen molar-refractivity contribution in [3.8, 4) is 0 Å². The lowest BCUT2D eigenvalue weighted by Crippen LogP contribution is -2.48. The van der Waals surface area contributed by atoms with E-state index in [9.17, 15) is 4.79 Å². The van der Waals surface area contributed by atoms with Crippen LogP contribution in [0.2, 0.25) is 0 Å². The van der Waals surface area contributed by atoms with Crippen LogP contribution < -0.4 is 5.32 Å². The summed E-state index contributed by atoms with van der Waals surface area (Å²) >= 11 is 0. The fraction of sp³-hybridized carbons (Fsp3) is 0.875. The molecule has 1 rings (SSSR count).